The van der Waals surface area contributed by atoms with Crippen LogP contribution in [0, 0.1) is 6.92 Å². The summed E-state index contributed by atoms with van der Waals surface area (Å²) in [5, 5.41) is 0. The van der Waals surface area contributed by atoms with Crippen molar-refractivity contribution in [1.29, 1.82) is 0 Å². The zero-order chi connectivity index (χ0) is 10.2. The molecule has 0 saturated heterocycles. The van der Waals surface area contributed by atoms with Crippen molar-refractivity contribution in [2.75, 3.05) is 6.54 Å². The molecule has 0 bridgehead atoms. The Hall–Kier alpha value is -1.31. The monoisotopic (exact) mass is 189 g/mol. The van der Waals surface area contributed by atoms with Crippen molar-refractivity contribution in [3.8, 4) is 0 Å². The van der Waals surface area contributed by atoms with E-state index in [2.05, 4.69) is 37.9 Å². The van der Waals surface area contributed by atoms with Crippen molar-refractivity contribution >= 4 is 5.90 Å². The van der Waals surface area contributed by atoms with Crippen molar-refractivity contribution in [3.63, 3.8) is 0 Å². The summed E-state index contributed by atoms with van der Waals surface area (Å²) in [5.41, 5.74) is 2.18. The van der Waals surface area contributed by atoms with E-state index < -0.39 is 0 Å². The van der Waals surface area contributed by atoms with E-state index in [1.807, 2.05) is 12.1 Å². The molecule has 1 aliphatic heterocycles. The summed E-state index contributed by atoms with van der Waals surface area (Å²) >= 11 is 0. The average Bonchev–Trinajstić information content (AvgIpc) is 2.47. The van der Waals surface area contributed by atoms with Crippen molar-refractivity contribution in [2.24, 2.45) is 4.99 Å². The maximum absolute atomic E-state index is 5.77. The molecule has 1 aromatic rings. The van der Waals surface area contributed by atoms with Gasteiger partial charge in [0.1, 0.15) is 5.60 Å². The van der Waals surface area contributed by atoms with Crippen LogP contribution in [0.1, 0.15) is 25.0 Å². The van der Waals surface area contributed by atoms with Crippen LogP contribution in [0.3, 0.4) is 0 Å². The van der Waals surface area contributed by atoms with Gasteiger partial charge >= 0.3 is 0 Å². The van der Waals surface area contributed by atoms with Gasteiger partial charge < -0.3 is 4.74 Å². The molecule has 1 aromatic carbocycles. The highest BCUT2D eigenvalue weighted by Gasteiger charge is 2.28. The van der Waals surface area contributed by atoms with Crippen LogP contribution in [0.25, 0.3) is 0 Å². The van der Waals surface area contributed by atoms with Gasteiger partial charge in [-0.05, 0) is 32.4 Å². The van der Waals surface area contributed by atoms with Gasteiger partial charge in [0, 0.05) is 5.56 Å². The van der Waals surface area contributed by atoms with E-state index in [4.69, 9.17) is 4.74 Å². The summed E-state index contributed by atoms with van der Waals surface area (Å²) in [6, 6.07) is 8.17. The highest BCUT2D eigenvalue weighted by atomic mass is 16.5. The topological polar surface area (TPSA) is 21.6 Å². The minimum atomic E-state index is -0.141. The highest BCUT2D eigenvalue weighted by Crippen LogP contribution is 2.22. The Balaban J connectivity index is 2.30. The lowest BCUT2D eigenvalue weighted by atomic mass is 10.1. The van der Waals surface area contributed by atoms with Gasteiger partial charge in [0.05, 0.1) is 6.54 Å². The zero-order valence-electron chi connectivity index (χ0n) is 8.87. The fourth-order valence-corrected chi connectivity index (χ4v) is 1.54. The fourth-order valence-electron chi connectivity index (χ4n) is 1.54. The molecule has 0 amide bonds. The molecular weight excluding hydrogens is 174 g/mol. The van der Waals surface area contributed by atoms with Gasteiger partial charge in [0.15, 0.2) is 0 Å². The molecule has 2 nitrogen and oxygen atoms in total. The number of ether oxygens (including phenoxy) is 1. The van der Waals surface area contributed by atoms with Crippen LogP contribution in [0.4, 0.5) is 0 Å². The largest absolute Gasteiger partial charge is 0.469 e. The summed E-state index contributed by atoms with van der Waals surface area (Å²) in [6.07, 6.45) is 0. The predicted molar refractivity (Wildman–Crippen MR) is 57.7 cm³/mol. The summed E-state index contributed by atoms with van der Waals surface area (Å²) in [7, 11) is 0. The Bertz CT molecular complexity index is 380. The predicted octanol–water partition coefficient (Wildman–Crippen LogP) is 2.55. The van der Waals surface area contributed by atoms with E-state index in [1.54, 1.807) is 0 Å². The Morgan fingerprint density at radius 2 is 2.00 bits per heavy atom. The highest BCUT2D eigenvalue weighted by molar-refractivity contribution is 5.96. The molecule has 1 heterocycles. The molecule has 0 atom stereocenters. The quantitative estimate of drug-likeness (QED) is 0.665. The Labute approximate surface area is 84.6 Å². The second-order valence-electron chi connectivity index (χ2n) is 4.30. The second-order valence-corrected chi connectivity index (χ2v) is 4.30. The minimum Gasteiger partial charge on any atom is -0.469 e. The van der Waals surface area contributed by atoms with Crippen LogP contribution in [-0.4, -0.2) is 18.0 Å². The first-order valence-electron chi connectivity index (χ1n) is 4.88. The maximum Gasteiger partial charge on any atom is 0.217 e. The van der Waals surface area contributed by atoms with Crippen molar-refractivity contribution in [1.82, 2.24) is 0 Å². The molecule has 0 fully saturated rings. The second kappa shape index (κ2) is 3.12. The van der Waals surface area contributed by atoms with Gasteiger partial charge in [-0.15, -0.1) is 0 Å². The van der Waals surface area contributed by atoms with E-state index >= 15 is 0 Å². The molecule has 0 unspecified atom stereocenters. The smallest absolute Gasteiger partial charge is 0.217 e. The number of nitrogens with zero attached hydrogens (tertiary/aromatic N) is 1. The summed E-state index contributed by atoms with van der Waals surface area (Å²) in [5.74, 6) is 0.785. The molecule has 0 aliphatic carbocycles. The first-order chi connectivity index (χ1) is 6.58. The lowest BCUT2D eigenvalue weighted by Gasteiger charge is -2.17. The molecule has 2 rings (SSSR count). The first-order valence-corrected chi connectivity index (χ1v) is 4.88. The molecule has 0 saturated carbocycles. The summed E-state index contributed by atoms with van der Waals surface area (Å²) in [4.78, 5) is 4.41. The van der Waals surface area contributed by atoms with E-state index in [0.29, 0.717) is 0 Å². The van der Waals surface area contributed by atoms with Crippen LogP contribution in [0.5, 0.6) is 0 Å². The fraction of sp³-hybridized carbons (Fsp3) is 0.417. The molecular formula is C12H15NO. The third kappa shape index (κ3) is 1.65. The van der Waals surface area contributed by atoms with E-state index in [0.717, 1.165) is 18.0 Å². The number of rotatable bonds is 1. The minimum absolute atomic E-state index is 0.141. The van der Waals surface area contributed by atoms with E-state index in [-0.39, 0.29) is 5.60 Å². The summed E-state index contributed by atoms with van der Waals surface area (Å²) < 4.78 is 5.77. The van der Waals surface area contributed by atoms with Crippen molar-refractivity contribution in [2.45, 2.75) is 26.4 Å². The van der Waals surface area contributed by atoms with Gasteiger partial charge in [0.2, 0.25) is 5.90 Å². The number of hydrogen-bond donors (Lipinski definition) is 0. The third-order valence-electron chi connectivity index (χ3n) is 2.35. The van der Waals surface area contributed by atoms with Crippen LogP contribution in [0.2, 0.25) is 0 Å². The van der Waals surface area contributed by atoms with Crippen molar-refractivity contribution < 1.29 is 4.74 Å². The number of aryl methyl sites for hydroxylation is 1. The molecule has 1 aliphatic rings. The van der Waals surface area contributed by atoms with Gasteiger partial charge in [0.25, 0.3) is 0 Å². The zero-order valence-corrected chi connectivity index (χ0v) is 8.87. The van der Waals surface area contributed by atoms with Crippen LogP contribution >= 0.6 is 0 Å². The SMILES string of the molecule is Cc1ccccc1C1=NCC(C)(C)O1. The number of benzene rings is 1. The molecule has 0 aromatic heterocycles. The Kier molecular flexibility index (Phi) is 2.06. The van der Waals surface area contributed by atoms with Crippen LogP contribution in [-0.2, 0) is 4.74 Å². The lowest BCUT2D eigenvalue weighted by molar-refractivity contribution is 0.131. The Morgan fingerprint density at radius 3 is 2.57 bits per heavy atom. The number of aliphatic imine (C=N–C) groups is 1. The van der Waals surface area contributed by atoms with E-state index in [1.165, 1.54) is 5.56 Å². The van der Waals surface area contributed by atoms with Gasteiger partial charge in [-0.3, -0.25) is 0 Å². The standard InChI is InChI=1S/C12H15NO/c1-9-6-4-5-7-10(9)11-13-8-12(2,3)14-11/h4-7H,8H2,1-3H3. The maximum atomic E-state index is 5.77. The summed E-state index contributed by atoms with van der Waals surface area (Å²) in [6.45, 7) is 6.94. The van der Waals surface area contributed by atoms with Gasteiger partial charge in [-0.1, -0.05) is 18.2 Å². The third-order valence-corrected chi connectivity index (χ3v) is 2.35. The van der Waals surface area contributed by atoms with Crippen LogP contribution in [0.15, 0.2) is 29.3 Å². The Morgan fingerprint density at radius 1 is 1.29 bits per heavy atom. The van der Waals surface area contributed by atoms with E-state index in [9.17, 15) is 0 Å². The molecule has 0 spiro atoms. The molecule has 74 valence electrons. The van der Waals surface area contributed by atoms with Crippen molar-refractivity contribution in [3.05, 3.63) is 35.4 Å². The molecule has 2 heteroatoms. The van der Waals surface area contributed by atoms with Gasteiger partial charge in [-0.2, -0.15) is 0 Å². The lowest BCUT2D eigenvalue weighted by Crippen LogP contribution is -2.24. The normalized spacial score (nSPS) is 18.9. The number of hydrogen-bond acceptors (Lipinski definition) is 2. The van der Waals surface area contributed by atoms with Gasteiger partial charge in [-0.25, -0.2) is 4.99 Å². The molecule has 0 radical (unpaired) electrons. The molecule has 0 N–H and O–H groups in total. The van der Waals surface area contributed by atoms with Crippen LogP contribution < -0.4 is 0 Å². The average molecular weight is 189 g/mol. The molecule has 14 heavy (non-hydrogen) atoms. The first kappa shape index (κ1) is 9.25.